The van der Waals surface area contributed by atoms with E-state index in [0.29, 0.717) is 18.6 Å². The van der Waals surface area contributed by atoms with E-state index in [-0.39, 0.29) is 29.7 Å². The van der Waals surface area contributed by atoms with Gasteiger partial charge in [-0.2, -0.15) is 0 Å². The van der Waals surface area contributed by atoms with Crippen molar-refractivity contribution in [3.05, 3.63) is 29.0 Å². The molecule has 1 aliphatic carbocycles. The maximum atomic E-state index is 13.0. The second-order valence-corrected chi connectivity index (χ2v) is 5.34. The predicted molar refractivity (Wildman–Crippen MR) is 73.3 cm³/mol. The summed E-state index contributed by atoms with van der Waals surface area (Å²) < 4.78 is 18.2. The van der Waals surface area contributed by atoms with Gasteiger partial charge in [-0.05, 0) is 37.8 Å². The van der Waals surface area contributed by atoms with E-state index in [1.807, 2.05) is 0 Å². The van der Waals surface area contributed by atoms with Gasteiger partial charge in [0.1, 0.15) is 11.6 Å². The number of carbonyl (C=O) groups is 1. The zero-order chi connectivity index (χ0) is 14.5. The van der Waals surface area contributed by atoms with Crippen molar-refractivity contribution in [2.45, 2.75) is 37.8 Å². The zero-order valence-electron chi connectivity index (χ0n) is 10.9. The van der Waals surface area contributed by atoms with Gasteiger partial charge in [0, 0.05) is 12.1 Å². The van der Waals surface area contributed by atoms with Crippen molar-refractivity contribution >= 4 is 17.5 Å². The lowest BCUT2D eigenvalue weighted by Gasteiger charge is -2.26. The molecule has 0 atom stereocenters. The highest BCUT2D eigenvalue weighted by Crippen LogP contribution is 2.21. The molecule has 110 valence electrons. The molecule has 0 aromatic heterocycles. The number of carbonyl (C=O) groups excluding carboxylic acids is 1. The second kappa shape index (κ2) is 6.90. The van der Waals surface area contributed by atoms with Gasteiger partial charge in [0.15, 0.2) is 6.61 Å². The van der Waals surface area contributed by atoms with E-state index in [1.165, 1.54) is 18.2 Å². The lowest BCUT2D eigenvalue weighted by Crippen LogP contribution is -2.40. The molecule has 1 saturated carbocycles. The minimum atomic E-state index is -0.524. The standard InChI is InChI=1S/C14H17ClFNO3/c15-12-7-11(5-6-13(12)16)20-8-14(19)17-9-1-3-10(18)4-2-9/h5-7,9-10,18H,1-4,8H2,(H,17,19). The summed E-state index contributed by atoms with van der Waals surface area (Å²) in [5.41, 5.74) is 0. The minimum Gasteiger partial charge on any atom is -0.484 e. The van der Waals surface area contributed by atoms with E-state index in [2.05, 4.69) is 5.32 Å². The van der Waals surface area contributed by atoms with Gasteiger partial charge in [-0.1, -0.05) is 11.6 Å². The topological polar surface area (TPSA) is 58.6 Å². The summed E-state index contributed by atoms with van der Waals surface area (Å²) in [6.07, 6.45) is 2.71. The monoisotopic (exact) mass is 301 g/mol. The summed E-state index contributed by atoms with van der Waals surface area (Å²) in [7, 11) is 0. The van der Waals surface area contributed by atoms with Gasteiger partial charge in [-0.25, -0.2) is 4.39 Å². The summed E-state index contributed by atoms with van der Waals surface area (Å²) >= 11 is 5.62. The number of nitrogens with one attached hydrogen (secondary N) is 1. The van der Waals surface area contributed by atoms with E-state index in [4.69, 9.17) is 16.3 Å². The second-order valence-electron chi connectivity index (χ2n) is 4.94. The molecule has 2 rings (SSSR count). The fraction of sp³-hybridized carbons (Fsp3) is 0.500. The Morgan fingerprint density at radius 2 is 2.10 bits per heavy atom. The van der Waals surface area contributed by atoms with Crippen LogP contribution in [-0.4, -0.2) is 29.8 Å². The number of ether oxygens (including phenoxy) is 1. The molecule has 1 aliphatic rings. The molecular formula is C14H17ClFNO3. The Morgan fingerprint density at radius 3 is 2.75 bits per heavy atom. The van der Waals surface area contributed by atoms with Crippen molar-refractivity contribution < 1.29 is 19.0 Å². The molecule has 1 aromatic carbocycles. The molecule has 4 nitrogen and oxygen atoms in total. The summed E-state index contributed by atoms with van der Waals surface area (Å²) in [5, 5.41) is 12.2. The molecule has 0 unspecified atom stereocenters. The van der Waals surface area contributed by atoms with Gasteiger partial charge in [-0.3, -0.25) is 4.79 Å². The van der Waals surface area contributed by atoms with Crippen molar-refractivity contribution in [2.75, 3.05) is 6.61 Å². The smallest absolute Gasteiger partial charge is 0.258 e. The number of aliphatic hydroxyl groups is 1. The number of aliphatic hydroxyl groups excluding tert-OH is 1. The first kappa shape index (κ1) is 15.1. The van der Waals surface area contributed by atoms with Crippen LogP contribution in [0.3, 0.4) is 0 Å². The summed E-state index contributed by atoms with van der Waals surface area (Å²) in [5.74, 6) is -0.401. The number of halogens is 2. The van der Waals surface area contributed by atoms with E-state index in [0.717, 1.165) is 12.8 Å². The van der Waals surface area contributed by atoms with Crippen LogP contribution in [0.15, 0.2) is 18.2 Å². The van der Waals surface area contributed by atoms with Crippen LogP contribution in [0.5, 0.6) is 5.75 Å². The van der Waals surface area contributed by atoms with Crippen LogP contribution in [0.25, 0.3) is 0 Å². The molecule has 0 spiro atoms. The van der Waals surface area contributed by atoms with E-state index in [9.17, 15) is 14.3 Å². The lowest BCUT2D eigenvalue weighted by atomic mass is 9.93. The quantitative estimate of drug-likeness (QED) is 0.897. The Labute approximate surface area is 121 Å². The van der Waals surface area contributed by atoms with Gasteiger partial charge in [0.2, 0.25) is 0 Å². The van der Waals surface area contributed by atoms with Gasteiger partial charge in [0.25, 0.3) is 5.91 Å². The number of rotatable bonds is 4. The Morgan fingerprint density at radius 1 is 1.40 bits per heavy atom. The number of benzene rings is 1. The summed E-state index contributed by atoms with van der Waals surface area (Å²) in [6.45, 7) is -0.138. The molecule has 0 aliphatic heterocycles. The summed E-state index contributed by atoms with van der Waals surface area (Å²) in [6, 6.07) is 4.04. The number of hydrogen-bond donors (Lipinski definition) is 2. The van der Waals surface area contributed by atoms with Gasteiger partial charge < -0.3 is 15.2 Å². The molecule has 0 saturated heterocycles. The fourth-order valence-electron chi connectivity index (χ4n) is 2.21. The van der Waals surface area contributed by atoms with Crippen LogP contribution in [0.1, 0.15) is 25.7 Å². The predicted octanol–water partition coefficient (Wildman–Crippen LogP) is 2.28. The molecule has 2 N–H and O–H groups in total. The first-order valence-electron chi connectivity index (χ1n) is 6.60. The largest absolute Gasteiger partial charge is 0.484 e. The van der Waals surface area contributed by atoms with Gasteiger partial charge >= 0.3 is 0 Å². The maximum Gasteiger partial charge on any atom is 0.258 e. The Kier molecular flexibility index (Phi) is 5.20. The third-order valence-corrected chi connectivity index (χ3v) is 3.61. The van der Waals surface area contributed by atoms with Crippen molar-refractivity contribution in [2.24, 2.45) is 0 Å². The molecule has 0 radical (unpaired) electrons. The van der Waals surface area contributed by atoms with E-state index < -0.39 is 5.82 Å². The first-order valence-corrected chi connectivity index (χ1v) is 6.97. The Balaban J connectivity index is 1.76. The summed E-state index contributed by atoms with van der Waals surface area (Å²) in [4.78, 5) is 11.7. The minimum absolute atomic E-state index is 0.0378. The molecule has 1 amide bonds. The molecule has 20 heavy (non-hydrogen) atoms. The highest BCUT2D eigenvalue weighted by Gasteiger charge is 2.20. The van der Waals surface area contributed by atoms with Crippen molar-refractivity contribution in [1.29, 1.82) is 0 Å². The maximum absolute atomic E-state index is 13.0. The normalized spacial score (nSPS) is 22.4. The van der Waals surface area contributed by atoms with Crippen LogP contribution >= 0.6 is 11.6 Å². The first-order chi connectivity index (χ1) is 9.54. The van der Waals surface area contributed by atoms with E-state index in [1.54, 1.807) is 0 Å². The molecule has 1 fully saturated rings. The Bertz CT molecular complexity index is 475. The SMILES string of the molecule is O=C(COc1ccc(F)c(Cl)c1)NC1CCC(O)CC1. The molecule has 0 bridgehead atoms. The van der Waals surface area contributed by atoms with Gasteiger partial charge in [-0.15, -0.1) is 0 Å². The Hall–Kier alpha value is -1.33. The lowest BCUT2D eigenvalue weighted by molar-refractivity contribution is -0.124. The van der Waals surface area contributed by atoms with Crippen molar-refractivity contribution in [3.8, 4) is 5.75 Å². The van der Waals surface area contributed by atoms with Crippen LogP contribution in [0, 0.1) is 5.82 Å². The average molecular weight is 302 g/mol. The number of amides is 1. The van der Waals surface area contributed by atoms with E-state index >= 15 is 0 Å². The van der Waals surface area contributed by atoms with Crippen LogP contribution < -0.4 is 10.1 Å². The van der Waals surface area contributed by atoms with Crippen LogP contribution in [0.2, 0.25) is 5.02 Å². The van der Waals surface area contributed by atoms with Crippen molar-refractivity contribution in [1.82, 2.24) is 5.32 Å². The highest BCUT2D eigenvalue weighted by atomic mass is 35.5. The molecule has 0 heterocycles. The van der Waals surface area contributed by atoms with Gasteiger partial charge in [0.05, 0.1) is 11.1 Å². The third-order valence-electron chi connectivity index (χ3n) is 3.32. The molecule has 1 aromatic rings. The zero-order valence-corrected chi connectivity index (χ0v) is 11.7. The molecular weight excluding hydrogens is 285 g/mol. The third kappa shape index (κ3) is 4.35. The highest BCUT2D eigenvalue weighted by molar-refractivity contribution is 6.30. The van der Waals surface area contributed by atoms with Crippen LogP contribution in [-0.2, 0) is 4.79 Å². The van der Waals surface area contributed by atoms with Crippen molar-refractivity contribution in [3.63, 3.8) is 0 Å². The fourth-order valence-corrected chi connectivity index (χ4v) is 2.38. The average Bonchev–Trinajstić information content (AvgIpc) is 2.43. The molecule has 6 heteroatoms. The van der Waals surface area contributed by atoms with Crippen LogP contribution in [0.4, 0.5) is 4.39 Å². The number of hydrogen-bond acceptors (Lipinski definition) is 3.